The maximum Gasteiger partial charge on any atom is 0.294 e. The molecule has 1 aliphatic heterocycles. The molecule has 98 valence electrons. The summed E-state index contributed by atoms with van der Waals surface area (Å²) in [5.74, 6) is 0.0662. The van der Waals surface area contributed by atoms with Crippen molar-refractivity contribution in [3.05, 3.63) is 10.1 Å². The fourth-order valence-corrected chi connectivity index (χ4v) is 1.88. The van der Waals surface area contributed by atoms with Gasteiger partial charge in [-0.05, 0) is 32.6 Å². The van der Waals surface area contributed by atoms with E-state index < -0.39 is 10.6 Å². The number of hydrogen-bond acceptors (Lipinski definition) is 5. The normalized spacial score (nSPS) is 17.9. The molecule has 1 aliphatic rings. The van der Waals surface area contributed by atoms with E-state index in [0.29, 0.717) is 13.1 Å². The van der Waals surface area contributed by atoms with Gasteiger partial charge in [0.2, 0.25) is 5.91 Å². The third-order valence-corrected chi connectivity index (χ3v) is 2.87. The van der Waals surface area contributed by atoms with Crippen LogP contribution in [0.1, 0.15) is 26.7 Å². The maximum absolute atomic E-state index is 11.9. The summed E-state index contributed by atoms with van der Waals surface area (Å²) in [5, 5.41) is 9.27. The lowest BCUT2D eigenvalue weighted by atomic mass is 9.95. The molecule has 0 atom stereocenters. The van der Waals surface area contributed by atoms with Crippen molar-refractivity contribution in [1.29, 1.82) is 0 Å². The van der Waals surface area contributed by atoms with Gasteiger partial charge >= 0.3 is 0 Å². The molecule has 0 radical (unpaired) electrons. The van der Waals surface area contributed by atoms with Gasteiger partial charge in [0.1, 0.15) is 0 Å². The summed E-state index contributed by atoms with van der Waals surface area (Å²) in [6.45, 7) is 4.64. The minimum Gasteiger partial charge on any atom is -0.341 e. The molecule has 1 amide bonds. The zero-order valence-electron chi connectivity index (χ0n) is 10.2. The Balaban J connectivity index is 2.36. The first-order valence-electron chi connectivity index (χ1n) is 5.66. The monoisotopic (exact) mass is 245 g/mol. The lowest BCUT2D eigenvalue weighted by Crippen LogP contribution is -2.53. The molecule has 7 heteroatoms. The molecule has 7 nitrogen and oxygen atoms in total. The number of likely N-dealkylation sites (tertiary alicyclic amines) is 1. The van der Waals surface area contributed by atoms with E-state index in [-0.39, 0.29) is 18.4 Å². The Hall–Kier alpha value is -1.37. The van der Waals surface area contributed by atoms with Gasteiger partial charge in [0.25, 0.3) is 5.09 Å². The van der Waals surface area contributed by atoms with Gasteiger partial charge in [-0.1, -0.05) is 0 Å². The quantitative estimate of drug-likeness (QED) is 0.562. The molecule has 0 aromatic carbocycles. The summed E-state index contributed by atoms with van der Waals surface area (Å²) in [4.78, 5) is 28.0. The Bertz CT molecular complexity index is 292. The van der Waals surface area contributed by atoms with Gasteiger partial charge < -0.3 is 15.5 Å². The zero-order chi connectivity index (χ0) is 13.1. The highest BCUT2D eigenvalue weighted by Gasteiger charge is 2.30. The second-order valence-corrected chi connectivity index (χ2v) is 4.98. The number of carbonyl (C=O) groups is 1. The van der Waals surface area contributed by atoms with E-state index in [0.717, 1.165) is 12.8 Å². The highest BCUT2D eigenvalue weighted by atomic mass is 16.9. The third kappa shape index (κ3) is 4.18. The van der Waals surface area contributed by atoms with Crippen molar-refractivity contribution in [1.82, 2.24) is 4.90 Å². The summed E-state index contributed by atoms with van der Waals surface area (Å²) >= 11 is 0. The van der Waals surface area contributed by atoms with Crippen LogP contribution in [0.5, 0.6) is 0 Å². The second-order valence-electron chi connectivity index (χ2n) is 4.98. The van der Waals surface area contributed by atoms with Crippen molar-refractivity contribution in [2.75, 3.05) is 19.7 Å². The summed E-state index contributed by atoms with van der Waals surface area (Å²) in [6, 6.07) is 0. The van der Waals surface area contributed by atoms with E-state index in [1.54, 1.807) is 18.7 Å². The van der Waals surface area contributed by atoms with E-state index in [9.17, 15) is 14.9 Å². The van der Waals surface area contributed by atoms with Crippen molar-refractivity contribution in [2.24, 2.45) is 11.7 Å². The van der Waals surface area contributed by atoms with Gasteiger partial charge in [0.15, 0.2) is 0 Å². The van der Waals surface area contributed by atoms with E-state index >= 15 is 0 Å². The van der Waals surface area contributed by atoms with Crippen LogP contribution in [0.15, 0.2) is 0 Å². The molecule has 0 aliphatic carbocycles. The topological polar surface area (TPSA) is 98.7 Å². The summed E-state index contributed by atoms with van der Waals surface area (Å²) in [6.07, 6.45) is 1.44. The molecule has 0 spiro atoms. The molecule has 0 unspecified atom stereocenters. The van der Waals surface area contributed by atoms with Gasteiger partial charge in [-0.3, -0.25) is 4.79 Å². The molecule has 1 saturated heterocycles. The number of hydrogen-bond donors (Lipinski definition) is 1. The van der Waals surface area contributed by atoms with Crippen LogP contribution in [0, 0.1) is 16.0 Å². The van der Waals surface area contributed by atoms with E-state index in [1.165, 1.54) is 0 Å². The first-order chi connectivity index (χ1) is 7.80. The van der Waals surface area contributed by atoms with E-state index in [4.69, 9.17) is 5.73 Å². The summed E-state index contributed by atoms with van der Waals surface area (Å²) < 4.78 is 0. The first-order valence-corrected chi connectivity index (χ1v) is 5.66. The van der Waals surface area contributed by atoms with Crippen LogP contribution in [0.4, 0.5) is 0 Å². The molecular weight excluding hydrogens is 226 g/mol. The van der Waals surface area contributed by atoms with Gasteiger partial charge in [-0.25, -0.2) is 0 Å². The van der Waals surface area contributed by atoms with Crippen molar-refractivity contribution in [3.63, 3.8) is 0 Å². The number of nitrogens with zero attached hydrogens (tertiary/aromatic N) is 2. The van der Waals surface area contributed by atoms with E-state index in [1.807, 2.05) is 0 Å². The average Bonchev–Trinajstić information content (AvgIpc) is 2.25. The highest BCUT2D eigenvalue weighted by molar-refractivity contribution is 5.85. The Kier molecular flexibility index (Phi) is 4.28. The summed E-state index contributed by atoms with van der Waals surface area (Å²) in [7, 11) is 0. The zero-order valence-corrected chi connectivity index (χ0v) is 10.2. The number of piperidine rings is 1. The van der Waals surface area contributed by atoms with Crippen molar-refractivity contribution < 1.29 is 14.7 Å². The SMILES string of the molecule is CC(C)(N)C(=O)N1CCC(CO[N+](=O)[O-])CC1. The molecule has 0 saturated carbocycles. The predicted octanol–water partition coefficient (Wildman–Crippen LogP) is 0.171. The summed E-state index contributed by atoms with van der Waals surface area (Å²) in [5.41, 5.74) is 4.88. The van der Waals surface area contributed by atoms with Gasteiger partial charge in [-0.15, -0.1) is 10.1 Å². The van der Waals surface area contributed by atoms with Crippen LogP contribution in [0.2, 0.25) is 0 Å². The van der Waals surface area contributed by atoms with Crippen LogP contribution >= 0.6 is 0 Å². The van der Waals surface area contributed by atoms with Gasteiger partial charge in [0, 0.05) is 13.1 Å². The first kappa shape index (κ1) is 13.7. The fourth-order valence-electron chi connectivity index (χ4n) is 1.88. The number of nitrogens with two attached hydrogens (primary N) is 1. The Morgan fingerprint density at radius 1 is 1.53 bits per heavy atom. The van der Waals surface area contributed by atoms with Crippen molar-refractivity contribution in [3.8, 4) is 0 Å². The minimum absolute atomic E-state index is 0.0776. The molecule has 2 N–H and O–H groups in total. The third-order valence-electron chi connectivity index (χ3n) is 2.87. The van der Waals surface area contributed by atoms with Crippen molar-refractivity contribution >= 4 is 5.91 Å². The average molecular weight is 245 g/mol. The highest BCUT2D eigenvalue weighted by Crippen LogP contribution is 2.19. The molecule has 1 fully saturated rings. The standard InChI is InChI=1S/C10H19N3O4/c1-10(2,11)9(14)12-5-3-8(4-6-12)7-17-13(15)16/h8H,3-7,11H2,1-2H3. The molecule has 0 aromatic rings. The largest absolute Gasteiger partial charge is 0.341 e. The number of carbonyl (C=O) groups excluding carboxylic acids is 1. The lowest BCUT2D eigenvalue weighted by molar-refractivity contribution is -0.759. The van der Waals surface area contributed by atoms with Crippen LogP contribution < -0.4 is 5.73 Å². The molecule has 0 bridgehead atoms. The maximum atomic E-state index is 11.9. The molecule has 17 heavy (non-hydrogen) atoms. The Labute approximate surface area is 100.0 Å². The van der Waals surface area contributed by atoms with Crippen molar-refractivity contribution in [2.45, 2.75) is 32.2 Å². The molecule has 1 heterocycles. The van der Waals surface area contributed by atoms with Gasteiger partial charge in [-0.2, -0.15) is 0 Å². The Morgan fingerprint density at radius 3 is 2.47 bits per heavy atom. The van der Waals surface area contributed by atoms with E-state index in [2.05, 4.69) is 4.84 Å². The molecular formula is C10H19N3O4. The van der Waals surface area contributed by atoms with Crippen LogP contribution in [0.3, 0.4) is 0 Å². The molecule has 0 aromatic heterocycles. The predicted molar refractivity (Wildman–Crippen MR) is 60.5 cm³/mol. The minimum atomic E-state index is -0.857. The Morgan fingerprint density at radius 2 is 2.06 bits per heavy atom. The van der Waals surface area contributed by atoms with Crippen LogP contribution in [-0.4, -0.2) is 41.1 Å². The second kappa shape index (κ2) is 5.31. The van der Waals surface area contributed by atoms with Crippen LogP contribution in [-0.2, 0) is 9.63 Å². The smallest absolute Gasteiger partial charge is 0.294 e. The number of rotatable bonds is 4. The lowest BCUT2D eigenvalue weighted by Gasteiger charge is -2.35. The molecule has 1 rings (SSSR count). The number of amides is 1. The van der Waals surface area contributed by atoms with Gasteiger partial charge in [0.05, 0.1) is 12.1 Å². The fraction of sp³-hybridized carbons (Fsp3) is 0.900. The van der Waals surface area contributed by atoms with Crippen LogP contribution in [0.25, 0.3) is 0 Å².